The number of benzene rings is 1. The minimum absolute atomic E-state index is 0.553. The van der Waals surface area contributed by atoms with Crippen LogP contribution in [-0.2, 0) is 0 Å². The molecule has 0 amide bonds. The van der Waals surface area contributed by atoms with Crippen LogP contribution in [0.15, 0.2) is 36.5 Å². The van der Waals surface area contributed by atoms with E-state index < -0.39 is 0 Å². The van der Waals surface area contributed by atoms with Crippen molar-refractivity contribution in [1.29, 1.82) is 0 Å². The Morgan fingerprint density at radius 2 is 1.89 bits per heavy atom. The maximum absolute atomic E-state index is 6.10. The van der Waals surface area contributed by atoms with Crippen LogP contribution in [0.25, 0.3) is 0 Å². The number of anilines is 3. The number of para-hydroxylation sites is 1. The number of aromatic nitrogens is 2. The van der Waals surface area contributed by atoms with Gasteiger partial charge in [-0.1, -0.05) is 23.7 Å². The molecule has 100 valence electrons. The van der Waals surface area contributed by atoms with Crippen LogP contribution in [0.1, 0.15) is 13.8 Å². The molecule has 0 unspecified atom stereocenters. The SMILES string of the molecule is CCN(CC)c1ccnc(Nc2ccccc2Cl)n1. The summed E-state index contributed by atoms with van der Waals surface area (Å²) < 4.78 is 0. The Labute approximate surface area is 118 Å². The monoisotopic (exact) mass is 276 g/mol. The number of rotatable bonds is 5. The fourth-order valence-corrected chi connectivity index (χ4v) is 2.00. The van der Waals surface area contributed by atoms with E-state index in [0.29, 0.717) is 11.0 Å². The van der Waals surface area contributed by atoms with E-state index in [1.807, 2.05) is 30.3 Å². The van der Waals surface area contributed by atoms with Crippen molar-refractivity contribution >= 4 is 29.1 Å². The van der Waals surface area contributed by atoms with Gasteiger partial charge in [-0.3, -0.25) is 0 Å². The minimum Gasteiger partial charge on any atom is -0.357 e. The molecule has 2 aromatic rings. The van der Waals surface area contributed by atoms with Gasteiger partial charge in [0.1, 0.15) is 5.82 Å². The summed E-state index contributed by atoms with van der Waals surface area (Å²) in [6, 6.07) is 9.45. The van der Waals surface area contributed by atoms with Gasteiger partial charge >= 0.3 is 0 Å². The van der Waals surface area contributed by atoms with E-state index in [2.05, 4.69) is 34.0 Å². The average molecular weight is 277 g/mol. The maximum atomic E-state index is 6.10. The average Bonchev–Trinajstić information content (AvgIpc) is 2.43. The van der Waals surface area contributed by atoms with E-state index in [9.17, 15) is 0 Å². The summed E-state index contributed by atoms with van der Waals surface area (Å²) in [5, 5.41) is 3.79. The van der Waals surface area contributed by atoms with Crippen LogP contribution >= 0.6 is 11.6 Å². The first-order valence-corrected chi connectivity index (χ1v) is 6.72. The van der Waals surface area contributed by atoms with Crippen LogP contribution in [0.3, 0.4) is 0 Å². The van der Waals surface area contributed by atoms with Gasteiger partial charge in [0.25, 0.3) is 0 Å². The van der Waals surface area contributed by atoms with Crippen LogP contribution in [0, 0.1) is 0 Å². The third kappa shape index (κ3) is 3.35. The lowest BCUT2D eigenvalue weighted by atomic mass is 10.3. The number of hydrogen-bond acceptors (Lipinski definition) is 4. The molecule has 2 rings (SSSR count). The number of nitrogens with zero attached hydrogens (tertiary/aromatic N) is 3. The molecule has 1 aromatic carbocycles. The summed E-state index contributed by atoms with van der Waals surface area (Å²) in [7, 11) is 0. The molecule has 0 saturated carbocycles. The highest BCUT2D eigenvalue weighted by Crippen LogP contribution is 2.23. The highest BCUT2D eigenvalue weighted by Gasteiger charge is 2.06. The Morgan fingerprint density at radius 3 is 2.58 bits per heavy atom. The normalized spacial score (nSPS) is 10.3. The van der Waals surface area contributed by atoms with E-state index in [0.717, 1.165) is 24.6 Å². The van der Waals surface area contributed by atoms with Crippen LogP contribution in [0.2, 0.25) is 5.02 Å². The van der Waals surface area contributed by atoms with Crippen LogP contribution in [-0.4, -0.2) is 23.1 Å². The lowest BCUT2D eigenvalue weighted by molar-refractivity contribution is 0.843. The van der Waals surface area contributed by atoms with Crippen molar-refractivity contribution in [2.75, 3.05) is 23.3 Å². The fraction of sp³-hybridized carbons (Fsp3) is 0.286. The van der Waals surface area contributed by atoms with E-state index >= 15 is 0 Å². The molecule has 0 aliphatic rings. The molecule has 4 nitrogen and oxygen atoms in total. The van der Waals surface area contributed by atoms with Gasteiger partial charge in [0.05, 0.1) is 10.7 Å². The third-order valence-electron chi connectivity index (χ3n) is 2.85. The second kappa shape index (κ2) is 6.38. The smallest absolute Gasteiger partial charge is 0.229 e. The van der Waals surface area contributed by atoms with Gasteiger partial charge in [0.15, 0.2) is 0 Å². The minimum atomic E-state index is 0.553. The zero-order valence-electron chi connectivity index (χ0n) is 11.1. The highest BCUT2D eigenvalue weighted by atomic mass is 35.5. The second-order valence-corrected chi connectivity index (χ2v) is 4.42. The number of halogens is 1. The van der Waals surface area contributed by atoms with Gasteiger partial charge in [-0.05, 0) is 32.0 Å². The molecule has 0 aliphatic carbocycles. The summed E-state index contributed by atoms with van der Waals surface area (Å²) in [6.07, 6.45) is 1.75. The molecular formula is C14H17ClN4. The first-order valence-electron chi connectivity index (χ1n) is 6.34. The molecule has 1 heterocycles. The molecular weight excluding hydrogens is 260 g/mol. The quantitative estimate of drug-likeness (QED) is 0.904. The van der Waals surface area contributed by atoms with Gasteiger partial charge in [-0.2, -0.15) is 4.98 Å². The maximum Gasteiger partial charge on any atom is 0.229 e. The van der Waals surface area contributed by atoms with E-state index in [1.165, 1.54) is 0 Å². The first kappa shape index (κ1) is 13.6. The second-order valence-electron chi connectivity index (χ2n) is 4.02. The lowest BCUT2D eigenvalue weighted by Crippen LogP contribution is -2.23. The summed E-state index contributed by atoms with van der Waals surface area (Å²) in [5.41, 5.74) is 0.806. The topological polar surface area (TPSA) is 41.1 Å². The molecule has 0 aliphatic heterocycles. The highest BCUT2D eigenvalue weighted by molar-refractivity contribution is 6.33. The Balaban J connectivity index is 2.22. The van der Waals surface area contributed by atoms with E-state index in [4.69, 9.17) is 11.6 Å². The molecule has 0 radical (unpaired) electrons. The Morgan fingerprint density at radius 1 is 1.16 bits per heavy atom. The van der Waals surface area contributed by atoms with Gasteiger partial charge < -0.3 is 10.2 Å². The van der Waals surface area contributed by atoms with Crippen molar-refractivity contribution in [3.63, 3.8) is 0 Å². The fourth-order valence-electron chi connectivity index (χ4n) is 1.82. The van der Waals surface area contributed by atoms with Gasteiger partial charge in [0, 0.05) is 19.3 Å². The summed E-state index contributed by atoms with van der Waals surface area (Å²) >= 11 is 6.10. The lowest BCUT2D eigenvalue weighted by Gasteiger charge is -2.20. The van der Waals surface area contributed by atoms with E-state index in [-0.39, 0.29) is 0 Å². The molecule has 0 spiro atoms. The molecule has 19 heavy (non-hydrogen) atoms. The summed E-state index contributed by atoms with van der Waals surface area (Å²) in [5.74, 6) is 1.46. The molecule has 0 bridgehead atoms. The Kier molecular flexibility index (Phi) is 4.58. The van der Waals surface area contributed by atoms with Crippen molar-refractivity contribution in [3.05, 3.63) is 41.6 Å². The van der Waals surface area contributed by atoms with Crippen molar-refractivity contribution in [1.82, 2.24) is 9.97 Å². The molecule has 5 heteroatoms. The van der Waals surface area contributed by atoms with Crippen LogP contribution in [0.5, 0.6) is 0 Å². The molecule has 0 atom stereocenters. The Bertz CT molecular complexity index is 540. The van der Waals surface area contributed by atoms with Gasteiger partial charge in [-0.25, -0.2) is 4.98 Å². The van der Waals surface area contributed by atoms with Gasteiger partial charge in [-0.15, -0.1) is 0 Å². The zero-order valence-corrected chi connectivity index (χ0v) is 11.9. The zero-order chi connectivity index (χ0) is 13.7. The van der Waals surface area contributed by atoms with Crippen molar-refractivity contribution in [2.24, 2.45) is 0 Å². The largest absolute Gasteiger partial charge is 0.357 e. The van der Waals surface area contributed by atoms with Crippen LogP contribution < -0.4 is 10.2 Å². The first-order chi connectivity index (χ1) is 9.24. The van der Waals surface area contributed by atoms with Crippen molar-refractivity contribution in [2.45, 2.75) is 13.8 Å². The summed E-state index contributed by atoms with van der Waals surface area (Å²) in [4.78, 5) is 10.9. The molecule has 0 fully saturated rings. The van der Waals surface area contributed by atoms with E-state index in [1.54, 1.807) is 6.20 Å². The third-order valence-corrected chi connectivity index (χ3v) is 3.18. The molecule has 1 aromatic heterocycles. The predicted octanol–water partition coefficient (Wildman–Crippen LogP) is 3.72. The standard InChI is InChI=1S/C14H17ClN4/c1-3-19(4-2)13-9-10-16-14(18-13)17-12-8-6-5-7-11(12)15/h5-10H,3-4H2,1-2H3,(H,16,17,18). The Hall–Kier alpha value is -1.81. The molecule has 0 saturated heterocycles. The summed E-state index contributed by atoms with van der Waals surface area (Å²) in [6.45, 7) is 6.04. The molecule has 1 N–H and O–H groups in total. The van der Waals surface area contributed by atoms with Crippen molar-refractivity contribution < 1.29 is 0 Å². The number of nitrogens with one attached hydrogen (secondary N) is 1. The van der Waals surface area contributed by atoms with Crippen LogP contribution in [0.4, 0.5) is 17.5 Å². The number of hydrogen-bond donors (Lipinski definition) is 1. The predicted molar refractivity (Wildman–Crippen MR) is 80.3 cm³/mol. The van der Waals surface area contributed by atoms with Crippen molar-refractivity contribution in [3.8, 4) is 0 Å². The van der Waals surface area contributed by atoms with Gasteiger partial charge in [0.2, 0.25) is 5.95 Å².